The second-order valence-electron chi connectivity index (χ2n) is 2.85. The van der Waals surface area contributed by atoms with Crippen LogP contribution in [-0.2, 0) is 11.2 Å². The van der Waals surface area contributed by atoms with Gasteiger partial charge in [0.2, 0.25) is 0 Å². The molecule has 1 aromatic rings. The first-order valence-electron chi connectivity index (χ1n) is 3.86. The molecular weight excluding hydrogens is 188 g/mol. The maximum Gasteiger partial charge on any atom is 0.306 e. The number of hydrogen-bond donors (Lipinski definition) is 2. The molecule has 5 heteroatoms. The molecular formula is C8H10N2O2S. The summed E-state index contributed by atoms with van der Waals surface area (Å²) in [5, 5.41) is 8.64. The van der Waals surface area contributed by atoms with Crippen LogP contribution >= 0.6 is 12.2 Å². The highest BCUT2D eigenvalue weighted by Gasteiger charge is 2.11. The van der Waals surface area contributed by atoms with E-state index in [9.17, 15) is 4.79 Å². The normalized spacial score (nSPS) is 12.4. The van der Waals surface area contributed by atoms with Crippen LogP contribution in [0.1, 0.15) is 12.6 Å². The Morgan fingerprint density at radius 2 is 2.54 bits per heavy atom. The number of H-pyrrole nitrogens is 1. The summed E-state index contributed by atoms with van der Waals surface area (Å²) < 4.78 is 0.548. The lowest BCUT2D eigenvalue weighted by Gasteiger charge is -2.03. The second kappa shape index (κ2) is 4.13. The molecule has 1 atom stereocenters. The SMILES string of the molecule is CC(Cc1c[nH]c(=S)cn1)C(=O)O. The molecule has 0 radical (unpaired) electrons. The van der Waals surface area contributed by atoms with Crippen molar-refractivity contribution in [2.75, 3.05) is 0 Å². The van der Waals surface area contributed by atoms with Crippen LogP contribution in [0.2, 0.25) is 0 Å². The summed E-state index contributed by atoms with van der Waals surface area (Å²) in [6.45, 7) is 1.64. The van der Waals surface area contributed by atoms with Crippen LogP contribution in [0.3, 0.4) is 0 Å². The Kier molecular flexibility index (Phi) is 3.13. The Hall–Kier alpha value is -1.23. The topological polar surface area (TPSA) is 66.0 Å². The number of aromatic nitrogens is 2. The van der Waals surface area contributed by atoms with E-state index >= 15 is 0 Å². The van der Waals surface area contributed by atoms with Crippen molar-refractivity contribution in [3.63, 3.8) is 0 Å². The molecule has 70 valence electrons. The quantitative estimate of drug-likeness (QED) is 0.720. The summed E-state index contributed by atoms with van der Waals surface area (Å²) in [6.07, 6.45) is 3.57. The third-order valence-corrected chi connectivity index (χ3v) is 1.89. The van der Waals surface area contributed by atoms with Gasteiger partial charge in [-0.1, -0.05) is 19.1 Å². The van der Waals surface area contributed by atoms with Crippen LogP contribution in [-0.4, -0.2) is 21.0 Å². The van der Waals surface area contributed by atoms with Crippen molar-refractivity contribution in [1.29, 1.82) is 0 Å². The van der Waals surface area contributed by atoms with E-state index in [1.165, 1.54) is 6.20 Å². The molecule has 0 aliphatic heterocycles. The van der Waals surface area contributed by atoms with Crippen LogP contribution in [0, 0.1) is 10.6 Å². The van der Waals surface area contributed by atoms with Gasteiger partial charge in [-0.05, 0) is 0 Å². The summed E-state index contributed by atoms with van der Waals surface area (Å²) in [7, 11) is 0. The molecule has 0 saturated heterocycles. The van der Waals surface area contributed by atoms with Crippen LogP contribution in [0.4, 0.5) is 0 Å². The van der Waals surface area contributed by atoms with Crippen LogP contribution < -0.4 is 0 Å². The van der Waals surface area contributed by atoms with Crippen molar-refractivity contribution in [3.05, 3.63) is 22.7 Å². The summed E-state index contributed by atoms with van der Waals surface area (Å²) in [6, 6.07) is 0. The van der Waals surface area contributed by atoms with Crippen molar-refractivity contribution >= 4 is 18.2 Å². The van der Waals surface area contributed by atoms with Gasteiger partial charge >= 0.3 is 5.97 Å². The van der Waals surface area contributed by atoms with E-state index in [-0.39, 0.29) is 0 Å². The highest BCUT2D eigenvalue weighted by Crippen LogP contribution is 2.04. The maximum atomic E-state index is 10.5. The van der Waals surface area contributed by atoms with Gasteiger partial charge in [0.25, 0.3) is 0 Å². The Morgan fingerprint density at radius 3 is 3.00 bits per heavy atom. The minimum atomic E-state index is -0.816. The lowest BCUT2D eigenvalue weighted by molar-refractivity contribution is -0.141. The average Bonchev–Trinajstić information content (AvgIpc) is 2.08. The predicted molar refractivity (Wildman–Crippen MR) is 49.9 cm³/mol. The van der Waals surface area contributed by atoms with E-state index in [0.717, 1.165) is 0 Å². The highest BCUT2D eigenvalue weighted by atomic mass is 32.1. The van der Waals surface area contributed by atoms with Crippen molar-refractivity contribution in [2.45, 2.75) is 13.3 Å². The average molecular weight is 198 g/mol. The smallest absolute Gasteiger partial charge is 0.306 e. The monoisotopic (exact) mass is 198 g/mol. The molecule has 1 heterocycles. The molecule has 0 aromatic carbocycles. The lowest BCUT2D eigenvalue weighted by atomic mass is 10.1. The number of carboxylic acids is 1. The van der Waals surface area contributed by atoms with Crippen LogP contribution in [0.25, 0.3) is 0 Å². The van der Waals surface area contributed by atoms with E-state index in [4.69, 9.17) is 17.3 Å². The molecule has 0 bridgehead atoms. The number of aliphatic carboxylic acids is 1. The molecule has 4 nitrogen and oxygen atoms in total. The Labute approximate surface area is 80.6 Å². The van der Waals surface area contributed by atoms with Gasteiger partial charge in [-0.2, -0.15) is 0 Å². The van der Waals surface area contributed by atoms with Crippen molar-refractivity contribution in [2.24, 2.45) is 5.92 Å². The predicted octanol–water partition coefficient (Wildman–Crippen LogP) is 1.40. The summed E-state index contributed by atoms with van der Waals surface area (Å²) >= 11 is 4.80. The summed E-state index contributed by atoms with van der Waals surface area (Å²) in [4.78, 5) is 17.3. The van der Waals surface area contributed by atoms with Crippen LogP contribution in [0.5, 0.6) is 0 Å². The minimum absolute atomic E-state index is 0.418. The van der Waals surface area contributed by atoms with Gasteiger partial charge in [-0.15, -0.1) is 0 Å². The molecule has 0 aliphatic rings. The van der Waals surface area contributed by atoms with E-state index in [1.807, 2.05) is 0 Å². The zero-order valence-electron chi connectivity index (χ0n) is 7.15. The standard InChI is InChI=1S/C8H10N2O2S/c1-5(8(11)12)2-6-3-10-7(13)4-9-6/h3-5H,2H2,1H3,(H,10,13)(H,11,12). The molecule has 0 amide bonds. The van der Waals surface area contributed by atoms with Gasteiger partial charge in [0.15, 0.2) is 0 Å². The Morgan fingerprint density at radius 1 is 1.85 bits per heavy atom. The van der Waals surface area contributed by atoms with E-state index < -0.39 is 11.9 Å². The zero-order chi connectivity index (χ0) is 9.84. The van der Waals surface area contributed by atoms with Gasteiger partial charge in [0.1, 0.15) is 4.64 Å². The Bertz CT molecular complexity index is 341. The molecule has 2 N–H and O–H groups in total. The lowest BCUT2D eigenvalue weighted by Crippen LogP contribution is -2.13. The molecule has 0 spiro atoms. The zero-order valence-corrected chi connectivity index (χ0v) is 7.97. The van der Waals surface area contributed by atoms with Gasteiger partial charge in [0, 0.05) is 12.6 Å². The molecule has 1 unspecified atom stereocenters. The first kappa shape index (κ1) is 9.85. The van der Waals surface area contributed by atoms with Crippen molar-refractivity contribution in [1.82, 2.24) is 9.97 Å². The van der Waals surface area contributed by atoms with E-state index in [2.05, 4.69) is 9.97 Å². The molecule has 0 aliphatic carbocycles. The number of nitrogens with zero attached hydrogens (tertiary/aromatic N) is 1. The van der Waals surface area contributed by atoms with Gasteiger partial charge in [-0.3, -0.25) is 9.78 Å². The fraction of sp³-hybridized carbons (Fsp3) is 0.375. The third-order valence-electron chi connectivity index (χ3n) is 1.67. The number of aromatic amines is 1. The Balaban J connectivity index is 2.70. The van der Waals surface area contributed by atoms with Crippen molar-refractivity contribution in [3.8, 4) is 0 Å². The number of carbonyl (C=O) groups is 1. The fourth-order valence-corrected chi connectivity index (χ4v) is 0.995. The summed E-state index contributed by atoms with van der Waals surface area (Å²) in [5.41, 5.74) is 0.712. The number of hydrogen-bond acceptors (Lipinski definition) is 3. The molecule has 1 rings (SSSR count). The molecule has 0 saturated carbocycles. The first-order chi connectivity index (χ1) is 6.09. The van der Waals surface area contributed by atoms with Crippen molar-refractivity contribution < 1.29 is 9.90 Å². The molecule has 1 aromatic heterocycles. The third kappa shape index (κ3) is 2.95. The van der Waals surface area contributed by atoms with Crippen LogP contribution in [0.15, 0.2) is 12.4 Å². The minimum Gasteiger partial charge on any atom is -0.481 e. The number of carboxylic acid groups (broad SMARTS) is 1. The second-order valence-corrected chi connectivity index (χ2v) is 3.29. The van der Waals surface area contributed by atoms with Gasteiger partial charge in [0.05, 0.1) is 17.8 Å². The maximum absolute atomic E-state index is 10.5. The fourth-order valence-electron chi connectivity index (χ4n) is 0.883. The van der Waals surface area contributed by atoms with E-state index in [0.29, 0.717) is 16.8 Å². The molecule has 0 fully saturated rings. The van der Waals surface area contributed by atoms with Gasteiger partial charge < -0.3 is 10.1 Å². The van der Waals surface area contributed by atoms with E-state index in [1.54, 1.807) is 13.1 Å². The number of nitrogens with one attached hydrogen (secondary N) is 1. The number of rotatable bonds is 3. The summed E-state index contributed by atoms with van der Waals surface area (Å²) in [5.74, 6) is -1.24. The highest BCUT2D eigenvalue weighted by molar-refractivity contribution is 7.71. The van der Waals surface area contributed by atoms with Gasteiger partial charge in [-0.25, -0.2) is 0 Å². The first-order valence-corrected chi connectivity index (χ1v) is 4.27. The molecule has 13 heavy (non-hydrogen) atoms. The largest absolute Gasteiger partial charge is 0.481 e.